The van der Waals surface area contributed by atoms with E-state index < -0.39 is 11.7 Å². The summed E-state index contributed by atoms with van der Waals surface area (Å²) in [5.41, 5.74) is 7.62. The first-order chi connectivity index (χ1) is 8.86. The van der Waals surface area contributed by atoms with Gasteiger partial charge in [0.25, 0.3) is 0 Å². The van der Waals surface area contributed by atoms with Crippen LogP contribution in [0.25, 0.3) is 0 Å². The molecule has 0 bridgehead atoms. The van der Waals surface area contributed by atoms with E-state index in [1.165, 1.54) is 6.07 Å². The normalized spacial score (nSPS) is 11.4. The van der Waals surface area contributed by atoms with Crippen LogP contribution in [0.3, 0.4) is 0 Å². The number of nitrogens with one attached hydrogen (secondary N) is 1. The molecule has 2 aromatic rings. The number of hydrogen-bond acceptors (Lipinski definition) is 2. The molecular weight excluding hydrogens is 253 g/mol. The number of alkyl halides is 3. The average Bonchev–Trinajstić information content (AvgIpc) is 2.33. The summed E-state index contributed by atoms with van der Waals surface area (Å²) in [5.74, 6) is 0. The maximum Gasteiger partial charge on any atom is 0.416 e. The molecule has 3 N–H and O–H groups in total. The fourth-order valence-electron chi connectivity index (χ4n) is 1.69. The first-order valence-electron chi connectivity index (χ1n) is 5.67. The SMILES string of the molecule is Cc1cc(Nc2cccc(C(F)(F)F)c2)ccc1N. The van der Waals surface area contributed by atoms with E-state index >= 15 is 0 Å². The Morgan fingerprint density at radius 3 is 2.32 bits per heavy atom. The smallest absolute Gasteiger partial charge is 0.399 e. The number of hydrogen-bond donors (Lipinski definition) is 2. The van der Waals surface area contributed by atoms with E-state index in [9.17, 15) is 13.2 Å². The molecule has 100 valence electrons. The highest BCUT2D eigenvalue weighted by atomic mass is 19.4. The molecule has 0 aromatic heterocycles. The molecule has 2 rings (SSSR count). The molecule has 0 saturated carbocycles. The fourth-order valence-corrected chi connectivity index (χ4v) is 1.69. The van der Waals surface area contributed by atoms with Crippen LogP contribution in [-0.2, 0) is 6.18 Å². The lowest BCUT2D eigenvalue weighted by atomic mass is 10.1. The monoisotopic (exact) mass is 266 g/mol. The number of nitrogens with two attached hydrogens (primary N) is 1. The van der Waals surface area contributed by atoms with Gasteiger partial charge in [0.15, 0.2) is 0 Å². The standard InChI is InChI=1S/C14H13F3N2/c1-9-7-12(5-6-13(9)18)19-11-4-2-3-10(8-11)14(15,16)17/h2-8,19H,18H2,1H3. The topological polar surface area (TPSA) is 38.0 Å². The van der Waals surface area contributed by atoms with Crippen molar-refractivity contribution in [3.8, 4) is 0 Å². The van der Waals surface area contributed by atoms with Crippen LogP contribution in [0.5, 0.6) is 0 Å². The molecule has 0 aliphatic heterocycles. The largest absolute Gasteiger partial charge is 0.416 e. The predicted octanol–water partition coefficient (Wildman–Crippen LogP) is 4.34. The second-order valence-corrected chi connectivity index (χ2v) is 4.27. The van der Waals surface area contributed by atoms with Crippen molar-refractivity contribution < 1.29 is 13.2 Å². The molecule has 0 atom stereocenters. The first kappa shape index (κ1) is 13.3. The van der Waals surface area contributed by atoms with Crippen molar-refractivity contribution in [2.45, 2.75) is 13.1 Å². The Kier molecular flexibility index (Phi) is 3.38. The highest BCUT2D eigenvalue weighted by Crippen LogP contribution is 2.31. The van der Waals surface area contributed by atoms with Gasteiger partial charge in [-0.2, -0.15) is 13.2 Å². The Labute approximate surface area is 109 Å². The summed E-state index contributed by atoms with van der Waals surface area (Å²) >= 11 is 0. The Morgan fingerprint density at radius 1 is 1.00 bits per heavy atom. The number of benzene rings is 2. The maximum atomic E-state index is 12.6. The van der Waals surface area contributed by atoms with Crippen LogP contribution in [0.4, 0.5) is 30.2 Å². The van der Waals surface area contributed by atoms with E-state index in [1.807, 2.05) is 6.92 Å². The van der Waals surface area contributed by atoms with Gasteiger partial charge in [0.2, 0.25) is 0 Å². The van der Waals surface area contributed by atoms with Gasteiger partial charge in [-0.25, -0.2) is 0 Å². The second kappa shape index (κ2) is 4.84. The number of halogens is 3. The van der Waals surface area contributed by atoms with Crippen LogP contribution < -0.4 is 11.1 Å². The molecule has 0 fully saturated rings. The first-order valence-corrected chi connectivity index (χ1v) is 5.67. The summed E-state index contributed by atoms with van der Waals surface area (Å²) in [6.45, 7) is 1.84. The van der Waals surface area contributed by atoms with E-state index in [4.69, 9.17) is 5.73 Å². The van der Waals surface area contributed by atoms with Gasteiger partial charge in [-0.05, 0) is 48.9 Å². The molecule has 0 saturated heterocycles. The minimum atomic E-state index is -4.34. The lowest BCUT2D eigenvalue weighted by Crippen LogP contribution is -2.05. The Balaban J connectivity index is 2.26. The van der Waals surface area contributed by atoms with Crippen molar-refractivity contribution in [2.24, 2.45) is 0 Å². The third-order valence-electron chi connectivity index (χ3n) is 2.75. The molecular formula is C14H13F3N2. The number of aryl methyl sites for hydroxylation is 1. The molecule has 2 nitrogen and oxygen atoms in total. The average molecular weight is 266 g/mol. The van der Waals surface area contributed by atoms with E-state index in [-0.39, 0.29) is 0 Å². The van der Waals surface area contributed by atoms with Gasteiger partial charge < -0.3 is 11.1 Å². The van der Waals surface area contributed by atoms with Crippen LogP contribution >= 0.6 is 0 Å². The summed E-state index contributed by atoms with van der Waals surface area (Å²) in [4.78, 5) is 0. The van der Waals surface area contributed by atoms with Gasteiger partial charge >= 0.3 is 6.18 Å². The molecule has 0 aliphatic rings. The van der Waals surface area contributed by atoms with Gasteiger partial charge in [0, 0.05) is 17.1 Å². The fraction of sp³-hybridized carbons (Fsp3) is 0.143. The molecule has 0 spiro atoms. The summed E-state index contributed by atoms with van der Waals surface area (Å²) in [6, 6.07) is 10.3. The van der Waals surface area contributed by atoms with E-state index in [0.29, 0.717) is 17.1 Å². The van der Waals surface area contributed by atoms with Gasteiger partial charge in [0.1, 0.15) is 0 Å². The van der Waals surface area contributed by atoms with Crippen molar-refractivity contribution in [1.29, 1.82) is 0 Å². The quantitative estimate of drug-likeness (QED) is 0.793. The van der Waals surface area contributed by atoms with Gasteiger partial charge in [0.05, 0.1) is 5.56 Å². The lowest BCUT2D eigenvalue weighted by molar-refractivity contribution is -0.137. The summed E-state index contributed by atoms with van der Waals surface area (Å²) in [5, 5.41) is 2.93. The predicted molar refractivity (Wildman–Crippen MR) is 70.3 cm³/mol. The van der Waals surface area contributed by atoms with Crippen molar-refractivity contribution in [3.63, 3.8) is 0 Å². The summed E-state index contributed by atoms with van der Waals surface area (Å²) in [6.07, 6.45) is -4.34. The van der Waals surface area contributed by atoms with Crippen molar-refractivity contribution in [1.82, 2.24) is 0 Å². The molecule has 0 aliphatic carbocycles. The molecule has 2 aromatic carbocycles. The Bertz CT molecular complexity index is 591. The van der Waals surface area contributed by atoms with Crippen LogP contribution in [0, 0.1) is 6.92 Å². The molecule has 5 heteroatoms. The maximum absolute atomic E-state index is 12.6. The van der Waals surface area contributed by atoms with Crippen molar-refractivity contribution in [2.75, 3.05) is 11.1 Å². The summed E-state index contributed by atoms with van der Waals surface area (Å²) in [7, 11) is 0. The number of rotatable bonds is 2. The van der Waals surface area contributed by atoms with E-state index in [0.717, 1.165) is 17.7 Å². The van der Waals surface area contributed by atoms with Crippen LogP contribution in [0.1, 0.15) is 11.1 Å². The van der Waals surface area contributed by atoms with Gasteiger partial charge in [-0.3, -0.25) is 0 Å². The van der Waals surface area contributed by atoms with Crippen molar-refractivity contribution in [3.05, 3.63) is 53.6 Å². The molecule has 19 heavy (non-hydrogen) atoms. The third kappa shape index (κ3) is 3.19. The van der Waals surface area contributed by atoms with E-state index in [2.05, 4.69) is 5.32 Å². The highest BCUT2D eigenvalue weighted by Gasteiger charge is 2.30. The minimum Gasteiger partial charge on any atom is -0.399 e. The summed E-state index contributed by atoms with van der Waals surface area (Å²) < 4.78 is 37.7. The number of anilines is 3. The third-order valence-corrected chi connectivity index (χ3v) is 2.75. The van der Waals surface area contributed by atoms with Crippen molar-refractivity contribution >= 4 is 17.1 Å². The molecule has 0 amide bonds. The van der Waals surface area contributed by atoms with Gasteiger partial charge in [-0.1, -0.05) is 6.07 Å². The zero-order valence-corrected chi connectivity index (χ0v) is 10.3. The zero-order valence-electron chi connectivity index (χ0n) is 10.3. The molecule has 0 unspecified atom stereocenters. The van der Waals surface area contributed by atoms with Crippen LogP contribution in [0.15, 0.2) is 42.5 Å². The molecule has 0 heterocycles. The molecule has 0 radical (unpaired) electrons. The highest BCUT2D eigenvalue weighted by molar-refractivity contribution is 5.64. The Morgan fingerprint density at radius 2 is 1.68 bits per heavy atom. The minimum absolute atomic E-state index is 0.388. The zero-order chi connectivity index (χ0) is 14.0. The van der Waals surface area contributed by atoms with Crippen LogP contribution in [-0.4, -0.2) is 0 Å². The van der Waals surface area contributed by atoms with Crippen LogP contribution in [0.2, 0.25) is 0 Å². The Hall–Kier alpha value is -2.17. The number of nitrogen functional groups attached to an aromatic ring is 1. The second-order valence-electron chi connectivity index (χ2n) is 4.27. The lowest BCUT2D eigenvalue weighted by Gasteiger charge is -2.11. The van der Waals surface area contributed by atoms with Gasteiger partial charge in [-0.15, -0.1) is 0 Å². The van der Waals surface area contributed by atoms with E-state index in [1.54, 1.807) is 24.3 Å².